The summed E-state index contributed by atoms with van der Waals surface area (Å²) in [4.78, 5) is 9.25. The van der Waals surface area contributed by atoms with Crippen molar-refractivity contribution in [3.8, 4) is 0 Å². The summed E-state index contributed by atoms with van der Waals surface area (Å²) in [6.45, 7) is 5.64. The molecule has 0 amide bonds. The van der Waals surface area contributed by atoms with Crippen LogP contribution >= 0.6 is 0 Å². The van der Waals surface area contributed by atoms with E-state index in [9.17, 15) is 0 Å². The zero-order valence-corrected chi connectivity index (χ0v) is 13.7. The first-order valence-electron chi connectivity index (χ1n) is 8.34. The predicted molar refractivity (Wildman–Crippen MR) is 82.7 cm³/mol. The maximum absolute atomic E-state index is 5.34. The quantitative estimate of drug-likeness (QED) is 0.806. The molecule has 0 aromatic carbocycles. The Hall–Kier alpha value is -1.73. The van der Waals surface area contributed by atoms with Crippen molar-refractivity contribution < 1.29 is 9.05 Å². The van der Waals surface area contributed by atoms with Gasteiger partial charge in [0, 0.05) is 31.1 Å². The summed E-state index contributed by atoms with van der Waals surface area (Å²) in [7, 11) is 2.14. The van der Waals surface area contributed by atoms with E-state index in [1.54, 1.807) is 0 Å². The summed E-state index contributed by atoms with van der Waals surface area (Å²) < 4.78 is 10.6. The summed E-state index contributed by atoms with van der Waals surface area (Å²) in [5.74, 6) is 3.09. The monoisotopic (exact) mass is 317 g/mol. The van der Waals surface area contributed by atoms with Gasteiger partial charge in [0.2, 0.25) is 5.89 Å². The summed E-state index contributed by atoms with van der Waals surface area (Å²) in [5, 5.41) is 8.06. The molecule has 2 aliphatic rings. The van der Waals surface area contributed by atoms with Crippen molar-refractivity contribution in [1.82, 2.24) is 25.1 Å². The number of hydrogen-bond acceptors (Lipinski definition) is 7. The average molecular weight is 317 g/mol. The highest BCUT2D eigenvalue weighted by Crippen LogP contribution is 2.38. The van der Waals surface area contributed by atoms with Gasteiger partial charge in [-0.05, 0) is 33.2 Å². The minimum atomic E-state index is 0.516. The molecule has 1 aliphatic carbocycles. The molecule has 2 aromatic heterocycles. The van der Waals surface area contributed by atoms with Gasteiger partial charge in [-0.1, -0.05) is 10.3 Å². The fourth-order valence-electron chi connectivity index (χ4n) is 3.21. The largest absolute Gasteiger partial charge is 0.360 e. The van der Waals surface area contributed by atoms with E-state index in [1.807, 2.05) is 13.0 Å². The van der Waals surface area contributed by atoms with Crippen molar-refractivity contribution in [3.05, 3.63) is 29.2 Å². The van der Waals surface area contributed by atoms with Crippen LogP contribution in [0.3, 0.4) is 0 Å². The molecule has 1 aliphatic heterocycles. The van der Waals surface area contributed by atoms with E-state index < -0.39 is 0 Å². The number of aryl methyl sites for hydroxylation is 1. The molecule has 2 fully saturated rings. The van der Waals surface area contributed by atoms with Crippen molar-refractivity contribution in [2.45, 2.75) is 51.2 Å². The Morgan fingerprint density at radius 2 is 2.13 bits per heavy atom. The second-order valence-corrected chi connectivity index (χ2v) is 6.85. The lowest BCUT2D eigenvalue weighted by molar-refractivity contribution is 0.208. The molecule has 0 radical (unpaired) electrons. The van der Waals surface area contributed by atoms with Gasteiger partial charge in [0.15, 0.2) is 11.6 Å². The van der Waals surface area contributed by atoms with Crippen LogP contribution in [0.4, 0.5) is 0 Å². The third-order valence-corrected chi connectivity index (χ3v) is 4.73. The molecule has 1 saturated carbocycles. The molecule has 0 bridgehead atoms. The van der Waals surface area contributed by atoms with Crippen molar-refractivity contribution >= 4 is 0 Å². The van der Waals surface area contributed by atoms with E-state index in [0.717, 1.165) is 55.8 Å². The highest BCUT2D eigenvalue weighted by molar-refractivity contribution is 5.04. The zero-order valence-electron chi connectivity index (χ0n) is 13.7. The van der Waals surface area contributed by atoms with Gasteiger partial charge in [-0.2, -0.15) is 4.98 Å². The molecule has 3 heterocycles. The van der Waals surface area contributed by atoms with Crippen LogP contribution in [-0.4, -0.2) is 51.3 Å². The predicted octanol–water partition coefficient (Wildman–Crippen LogP) is 1.95. The number of likely N-dealkylation sites (tertiary alicyclic amines) is 1. The van der Waals surface area contributed by atoms with Crippen LogP contribution in [0.15, 0.2) is 15.1 Å². The van der Waals surface area contributed by atoms with Crippen molar-refractivity contribution in [3.63, 3.8) is 0 Å². The lowest BCUT2D eigenvalue weighted by Crippen LogP contribution is -2.34. The van der Waals surface area contributed by atoms with Crippen LogP contribution < -0.4 is 0 Å². The van der Waals surface area contributed by atoms with Crippen LogP contribution in [0.1, 0.15) is 48.3 Å². The van der Waals surface area contributed by atoms with Gasteiger partial charge in [0.05, 0.1) is 18.8 Å². The highest BCUT2D eigenvalue weighted by Gasteiger charge is 2.31. The normalized spacial score (nSPS) is 22.3. The Balaban J connectivity index is 1.29. The molecule has 0 unspecified atom stereocenters. The SMILES string of the molecule is Cc1cc(CN2CC[C@H](N(C)Cc3noc(C4CC4)n3)C2)on1. The fraction of sp³-hybridized carbons (Fsp3) is 0.688. The van der Waals surface area contributed by atoms with Crippen LogP contribution in [0.2, 0.25) is 0 Å². The summed E-state index contributed by atoms with van der Waals surface area (Å²) in [6.07, 6.45) is 3.53. The van der Waals surface area contributed by atoms with Crippen LogP contribution in [0.5, 0.6) is 0 Å². The first kappa shape index (κ1) is 14.8. The lowest BCUT2D eigenvalue weighted by Gasteiger charge is -2.23. The van der Waals surface area contributed by atoms with Crippen molar-refractivity contribution in [1.29, 1.82) is 0 Å². The molecule has 1 saturated heterocycles. The number of hydrogen-bond donors (Lipinski definition) is 0. The van der Waals surface area contributed by atoms with E-state index in [2.05, 4.69) is 32.1 Å². The van der Waals surface area contributed by atoms with Gasteiger partial charge in [-0.25, -0.2) is 0 Å². The van der Waals surface area contributed by atoms with Gasteiger partial charge in [-0.3, -0.25) is 9.80 Å². The zero-order chi connectivity index (χ0) is 15.8. The van der Waals surface area contributed by atoms with Crippen molar-refractivity contribution in [2.24, 2.45) is 0 Å². The fourth-order valence-corrected chi connectivity index (χ4v) is 3.21. The average Bonchev–Trinajstić information content (AvgIpc) is 2.93. The third kappa shape index (κ3) is 3.45. The standard InChI is InChI=1S/C16H23N5O2/c1-11-7-14(22-18-11)9-21-6-5-13(8-21)20(2)10-15-17-16(23-19-15)12-3-4-12/h7,12-13H,3-6,8-10H2,1-2H3/t13-/m0/s1. The Bertz CT molecular complexity index is 663. The van der Waals surface area contributed by atoms with Crippen LogP contribution in [0.25, 0.3) is 0 Å². The summed E-state index contributed by atoms with van der Waals surface area (Å²) in [6, 6.07) is 2.53. The number of likely N-dealkylation sites (N-methyl/N-ethyl adjacent to an activating group) is 1. The third-order valence-electron chi connectivity index (χ3n) is 4.73. The molecule has 23 heavy (non-hydrogen) atoms. The molecule has 1 atom stereocenters. The summed E-state index contributed by atoms with van der Waals surface area (Å²) >= 11 is 0. The van der Waals surface area contributed by atoms with Gasteiger partial charge < -0.3 is 9.05 Å². The number of rotatable bonds is 6. The minimum absolute atomic E-state index is 0.516. The van der Waals surface area contributed by atoms with E-state index in [4.69, 9.17) is 9.05 Å². The van der Waals surface area contributed by atoms with Gasteiger partial charge in [-0.15, -0.1) is 0 Å². The Kier molecular flexibility index (Phi) is 3.90. The molecule has 7 nitrogen and oxygen atoms in total. The maximum atomic E-state index is 5.34. The van der Waals surface area contributed by atoms with E-state index in [0.29, 0.717) is 12.0 Å². The van der Waals surface area contributed by atoms with E-state index in [1.165, 1.54) is 12.8 Å². The van der Waals surface area contributed by atoms with Crippen LogP contribution in [-0.2, 0) is 13.1 Å². The van der Waals surface area contributed by atoms with Gasteiger partial charge >= 0.3 is 0 Å². The molecule has 0 N–H and O–H groups in total. The Morgan fingerprint density at radius 3 is 2.87 bits per heavy atom. The topological polar surface area (TPSA) is 71.4 Å². The molecule has 4 rings (SSSR count). The molecule has 124 valence electrons. The molecule has 2 aromatic rings. The minimum Gasteiger partial charge on any atom is -0.360 e. The number of nitrogens with zero attached hydrogens (tertiary/aromatic N) is 5. The maximum Gasteiger partial charge on any atom is 0.229 e. The molecule has 0 spiro atoms. The first-order chi connectivity index (χ1) is 11.2. The van der Waals surface area contributed by atoms with Gasteiger partial charge in [0.1, 0.15) is 0 Å². The number of aromatic nitrogens is 3. The molecular weight excluding hydrogens is 294 g/mol. The molecule has 7 heteroatoms. The summed E-state index contributed by atoms with van der Waals surface area (Å²) in [5.41, 5.74) is 0.941. The van der Waals surface area contributed by atoms with Crippen molar-refractivity contribution in [2.75, 3.05) is 20.1 Å². The highest BCUT2D eigenvalue weighted by atomic mass is 16.5. The second-order valence-electron chi connectivity index (χ2n) is 6.85. The Labute approximate surface area is 135 Å². The van der Waals surface area contributed by atoms with Crippen LogP contribution in [0, 0.1) is 6.92 Å². The second kappa shape index (κ2) is 6.05. The molecular formula is C16H23N5O2. The smallest absolute Gasteiger partial charge is 0.229 e. The Morgan fingerprint density at radius 1 is 1.26 bits per heavy atom. The van der Waals surface area contributed by atoms with E-state index in [-0.39, 0.29) is 0 Å². The lowest BCUT2D eigenvalue weighted by atomic mass is 10.2. The van der Waals surface area contributed by atoms with E-state index >= 15 is 0 Å². The first-order valence-corrected chi connectivity index (χ1v) is 8.34. The van der Waals surface area contributed by atoms with Gasteiger partial charge in [0.25, 0.3) is 0 Å².